The van der Waals surface area contributed by atoms with Crippen molar-refractivity contribution in [3.8, 4) is 0 Å². The smallest absolute Gasteiger partial charge is 0.246 e. The Labute approximate surface area is 128 Å². The first kappa shape index (κ1) is 18.0. The molecule has 0 aromatic carbocycles. The highest BCUT2D eigenvalue weighted by molar-refractivity contribution is 5.99. The molecule has 0 radical (unpaired) electrons. The zero-order chi connectivity index (χ0) is 16.3. The van der Waals surface area contributed by atoms with Gasteiger partial charge in [0.05, 0.1) is 6.61 Å². The van der Waals surface area contributed by atoms with Crippen molar-refractivity contribution in [2.24, 2.45) is 5.41 Å². The van der Waals surface area contributed by atoms with E-state index in [9.17, 15) is 9.59 Å². The second kappa shape index (κ2) is 6.77. The lowest BCUT2D eigenvalue weighted by Crippen LogP contribution is -2.71. The van der Waals surface area contributed by atoms with E-state index in [1.807, 2.05) is 20.8 Å². The number of amides is 2. The molecule has 0 aliphatic carbocycles. The summed E-state index contributed by atoms with van der Waals surface area (Å²) in [6.45, 7) is 13.2. The van der Waals surface area contributed by atoms with Gasteiger partial charge >= 0.3 is 0 Å². The fraction of sp³-hybridized carbons (Fsp3) is 0.875. The van der Waals surface area contributed by atoms with E-state index in [4.69, 9.17) is 4.74 Å². The number of carbonyl (C=O) groups excluding carboxylic acids is 2. The number of ether oxygens (including phenoxy) is 1. The molecule has 1 unspecified atom stereocenters. The van der Waals surface area contributed by atoms with Crippen molar-refractivity contribution in [1.82, 2.24) is 10.2 Å². The van der Waals surface area contributed by atoms with E-state index >= 15 is 0 Å². The molecule has 1 saturated heterocycles. The normalized spacial score (nSPS) is 22.4. The average molecular weight is 298 g/mol. The molecule has 1 atom stereocenters. The molecule has 1 aliphatic heterocycles. The molecule has 1 rings (SSSR count). The lowest BCUT2D eigenvalue weighted by Gasteiger charge is -2.47. The van der Waals surface area contributed by atoms with Crippen LogP contribution in [0.4, 0.5) is 0 Å². The van der Waals surface area contributed by atoms with Crippen molar-refractivity contribution in [3.63, 3.8) is 0 Å². The Balaban J connectivity index is 2.76. The fourth-order valence-electron chi connectivity index (χ4n) is 2.40. The Kier molecular flexibility index (Phi) is 5.79. The van der Waals surface area contributed by atoms with E-state index in [-0.39, 0.29) is 17.2 Å². The maximum atomic E-state index is 12.7. The van der Waals surface area contributed by atoms with E-state index < -0.39 is 11.6 Å². The van der Waals surface area contributed by atoms with Crippen LogP contribution in [-0.2, 0) is 14.3 Å². The first-order chi connectivity index (χ1) is 9.62. The fourth-order valence-corrected chi connectivity index (χ4v) is 2.40. The third-order valence-electron chi connectivity index (χ3n) is 3.99. The molecule has 0 aromatic rings. The minimum Gasteiger partial charge on any atom is -0.380 e. The van der Waals surface area contributed by atoms with Crippen LogP contribution in [0.15, 0.2) is 0 Å². The third-order valence-corrected chi connectivity index (χ3v) is 3.99. The second-order valence-corrected chi connectivity index (χ2v) is 7.29. The summed E-state index contributed by atoms with van der Waals surface area (Å²) in [4.78, 5) is 26.7. The monoisotopic (exact) mass is 298 g/mol. The molecule has 0 saturated carbocycles. The van der Waals surface area contributed by atoms with Crippen LogP contribution in [0.1, 0.15) is 54.4 Å². The summed E-state index contributed by atoms with van der Waals surface area (Å²) in [6.07, 6.45) is 2.10. The first-order valence-corrected chi connectivity index (χ1v) is 7.82. The summed E-state index contributed by atoms with van der Waals surface area (Å²) in [7, 11) is 0. The van der Waals surface area contributed by atoms with Gasteiger partial charge in [-0.25, -0.2) is 0 Å². The van der Waals surface area contributed by atoms with Crippen LogP contribution in [0.3, 0.4) is 0 Å². The zero-order valence-corrected chi connectivity index (χ0v) is 14.3. The number of nitrogens with zero attached hydrogens (tertiary/aromatic N) is 1. The molecular weight excluding hydrogens is 268 g/mol. The Hall–Kier alpha value is -1.10. The average Bonchev–Trinajstić information content (AvgIpc) is 2.36. The van der Waals surface area contributed by atoms with Crippen LogP contribution < -0.4 is 5.32 Å². The van der Waals surface area contributed by atoms with Gasteiger partial charge in [-0.15, -0.1) is 0 Å². The molecule has 2 amide bonds. The van der Waals surface area contributed by atoms with Gasteiger partial charge in [-0.05, 0) is 25.7 Å². The number of piperazine rings is 1. The van der Waals surface area contributed by atoms with Gasteiger partial charge < -0.3 is 15.0 Å². The van der Waals surface area contributed by atoms with Gasteiger partial charge in [0, 0.05) is 13.2 Å². The van der Waals surface area contributed by atoms with Crippen LogP contribution >= 0.6 is 0 Å². The zero-order valence-electron chi connectivity index (χ0n) is 14.3. The van der Waals surface area contributed by atoms with Gasteiger partial charge in [0.2, 0.25) is 11.8 Å². The molecule has 1 N–H and O–H groups in total. The summed E-state index contributed by atoms with van der Waals surface area (Å²) in [5, 5.41) is 2.87. The first-order valence-electron chi connectivity index (χ1n) is 7.82. The SMILES string of the molecule is CCCCOCCN1C(=O)C(C(C)(C)C)NC(=O)C1(C)C. The highest BCUT2D eigenvalue weighted by Crippen LogP contribution is 2.29. The maximum Gasteiger partial charge on any atom is 0.246 e. The van der Waals surface area contributed by atoms with Gasteiger partial charge in [-0.3, -0.25) is 9.59 Å². The van der Waals surface area contributed by atoms with Crippen LogP contribution in [0.5, 0.6) is 0 Å². The highest BCUT2D eigenvalue weighted by atomic mass is 16.5. The molecule has 0 spiro atoms. The molecule has 0 aromatic heterocycles. The molecule has 5 nitrogen and oxygen atoms in total. The Bertz CT molecular complexity index is 385. The third kappa shape index (κ3) is 4.19. The minimum absolute atomic E-state index is 0.0220. The topological polar surface area (TPSA) is 58.6 Å². The predicted molar refractivity (Wildman–Crippen MR) is 82.9 cm³/mol. The highest BCUT2D eigenvalue weighted by Gasteiger charge is 2.49. The predicted octanol–water partition coefficient (Wildman–Crippen LogP) is 1.95. The number of unbranched alkanes of at least 4 members (excludes halogenated alkanes) is 1. The van der Waals surface area contributed by atoms with Crippen molar-refractivity contribution in [3.05, 3.63) is 0 Å². The Morgan fingerprint density at radius 1 is 1.24 bits per heavy atom. The summed E-state index contributed by atoms with van der Waals surface area (Å²) in [5.41, 5.74) is -1.13. The van der Waals surface area contributed by atoms with Crippen molar-refractivity contribution in [2.75, 3.05) is 19.8 Å². The molecular formula is C16H30N2O3. The quantitative estimate of drug-likeness (QED) is 0.763. The molecule has 0 bridgehead atoms. The summed E-state index contributed by atoms with van der Waals surface area (Å²) < 4.78 is 5.55. The van der Waals surface area contributed by atoms with Crippen LogP contribution in [0.25, 0.3) is 0 Å². The van der Waals surface area contributed by atoms with Crippen molar-refractivity contribution in [1.29, 1.82) is 0 Å². The van der Waals surface area contributed by atoms with Gasteiger partial charge in [0.1, 0.15) is 11.6 Å². The summed E-state index contributed by atoms with van der Waals surface area (Å²) >= 11 is 0. The number of rotatable bonds is 6. The van der Waals surface area contributed by atoms with Crippen molar-refractivity contribution in [2.45, 2.75) is 66.0 Å². The molecule has 5 heteroatoms. The molecule has 122 valence electrons. The van der Waals surface area contributed by atoms with Gasteiger partial charge in [-0.2, -0.15) is 0 Å². The van der Waals surface area contributed by atoms with E-state index in [1.165, 1.54) is 0 Å². The van der Waals surface area contributed by atoms with Gasteiger partial charge in [0.25, 0.3) is 0 Å². The van der Waals surface area contributed by atoms with Crippen LogP contribution in [0, 0.1) is 5.41 Å². The lowest BCUT2D eigenvalue weighted by atomic mass is 9.82. The van der Waals surface area contributed by atoms with E-state index in [2.05, 4.69) is 12.2 Å². The van der Waals surface area contributed by atoms with Gasteiger partial charge in [-0.1, -0.05) is 34.1 Å². The molecule has 1 aliphatic rings. The maximum absolute atomic E-state index is 12.7. The van der Waals surface area contributed by atoms with E-state index in [1.54, 1.807) is 18.7 Å². The molecule has 1 fully saturated rings. The van der Waals surface area contributed by atoms with Crippen LogP contribution in [0.2, 0.25) is 0 Å². The van der Waals surface area contributed by atoms with Gasteiger partial charge in [0.15, 0.2) is 0 Å². The summed E-state index contributed by atoms with van der Waals surface area (Å²) in [5.74, 6) is -0.123. The lowest BCUT2D eigenvalue weighted by molar-refractivity contribution is -0.159. The Morgan fingerprint density at radius 2 is 1.86 bits per heavy atom. The Morgan fingerprint density at radius 3 is 2.38 bits per heavy atom. The number of nitrogens with one attached hydrogen (secondary N) is 1. The van der Waals surface area contributed by atoms with Crippen molar-refractivity contribution >= 4 is 11.8 Å². The van der Waals surface area contributed by atoms with E-state index in [0.717, 1.165) is 12.8 Å². The summed E-state index contributed by atoms with van der Waals surface area (Å²) in [6, 6.07) is -0.478. The largest absolute Gasteiger partial charge is 0.380 e. The second-order valence-electron chi connectivity index (χ2n) is 7.29. The number of hydrogen-bond donors (Lipinski definition) is 1. The standard InChI is InChI=1S/C16H30N2O3/c1-7-8-10-21-11-9-18-13(19)12(15(2,3)4)17-14(20)16(18,5)6/h12H,7-11H2,1-6H3,(H,17,20). The van der Waals surface area contributed by atoms with Crippen molar-refractivity contribution < 1.29 is 14.3 Å². The molecule has 1 heterocycles. The van der Waals surface area contributed by atoms with E-state index in [0.29, 0.717) is 19.8 Å². The number of carbonyl (C=O) groups is 2. The minimum atomic E-state index is -0.826. The van der Waals surface area contributed by atoms with Crippen LogP contribution in [-0.4, -0.2) is 48.1 Å². The molecule has 21 heavy (non-hydrogen) atoms. The number of hydrogen-bond acceptors (Lipinski definition) is 3.